The molecule has 1 aromatic heterocycles. The van der Waals surface area contributed by atoms with Crippen molar-refractivity contribution in [2.45, 2.75) is 33.1 Å². The van der Waals surface area contributed by atoms with Crippen molar-refractivity contribution in [1.29, 1.82) is 10.5 Å². The van der Waals surface area contributed by atoms with Crippen LogP contribution in [0, 0.1) is 29.6 Å². The Morgan fingerprint density at radius 3 is 2.72 bits per heavy atom. The van der Waals surface area contributed by atoms with Crippen LogP contribution in [0.4, 0.5) is 5.69 Å². The van der Waals surface area contributed by atoms with Crippen LogP contribution in [0.25, 0.3) is 0 Å². The quantitative estimate of drug-likeness (QED) is 0.516. The van der Waals surface area contributed by atoms with Crippen molar-refractivity contribution in [3.8, 4) is 23.8 Å². The maximum Gasteiger partial charge on any atom is 0.336 e. The molecule has 0 fully saturated rings. The van der Waals surface area contributed by atoms with E-state index >= 15 is 0 Å². The van der Waals surface area contributed by atoms with Gasteiger partial charge in [0.15, 0.2) is 0 Å². The molecule has 8 heteroatoms. The van der Waals surface area contributed by atoms with Crippen LogP contribution in [0.5, 0.6) is 11.6 Å². The first-order chi connectivity index (χ1) is 15.5. The van der Waals surface area contributed by atoms with Gasteiger partial charge in [-0.1, -0.05) is 6.07 Å². The summed E-state index contributed by atoms with van der Waals surface area (Å²) in [6.45, 7) is 5.96. The largest absolute Gasteiger partial charge is 0.496 e. The number of nitrogens with one attached hydrogen (secondary N) is 1. The summed E-state index contributed by atoms with van der Waals surface area (Å²) in [7, 11) is 1.52. The van der Waals surface area contributed by atoms with Gasteiger partial charge in [-0.05, 0) is 38.5 Å². The standard InChI is InChI=1S/C24H24N4O4/c1-5-31-23-21-20(17-8-7-16(12-26)11-18(17)30-4)19(24(29)32-10-6-9-25)15(3)28-22(21)14(2)13-27-23/h7-8,11,13,20,28H,5-6,10H2,1-4H3/t20-/m1/s1. The number of aromatic nitrogens is 1. The summed E-state index contributed by atoms with van der Waals surface area (Å²) in [6.07, 6.45) is 1.81. The number of nitrogens with zero attached hydrogens (tertiary/aromatic N) is 3. The van der Waals surface area contributed by atoms with E-state index in [4.69, 9.17) is 19.5 Å². The molecule has 0 amide bonds. The van der Waals surface area contributed by atoms with Gasteiger partial charge in [-0.3, -0.25) is 0 Å². The van der Waals surface area contributed by atoms with Crippen LogP contribution in [0.3, 0.4) is 0 Å². The van der Waals surface area contributed by atoms with E-state index < -0.39 is 11.9 Å². The second-order valence-electron chi connectivity index (χ2n) is 7.18. The molecule has 1 atom stereocenters. The van der Waals surface area contributed by atoms with Crippen LogP contribution in [0.15, 0.2) is 35.7 Å². The SMILES string of the molecule is CCOc1ncc(C)c2c1[C@H](c1ccc(C#N)cc1OC)C(C(=O)OCCC#N)=C(C)N2. The van der Waals surface area contributed by atoms with Gasteiger partial charge in [-0.25, -0.2) is 9.78 Å². The van der Waals surface area contributed by atoms with Crippen LogP contribution >= 0.6 is 0 Å². The smallest absolute Gasteiger partial charge is 0.336 e. The summed E-state index contributed by atoms with van der Waals surface area (Å²) in [4.78, 5) is 17.6. The number of benzene rings is 1. The zero-order valence-electron chi connectivity index (χ0n) is 18.5. The van der Waals surface area contributed by atoms with Crippen molar-refractivity contribution in [1.82, 2.24) is 4.98 Å². The lowest BCUT2D eigenvalue weighted by atomic mass is 9.79. The predicted molar refractivity (Wildman–Crippen MR) is 117 cm³/mol. The molecule has 164 valence electrons. The number of carbonyl (C=O) groups is 1. The number of esters is 1. The monoisotopic (exact) mass is 432 g/mol. The Morgan fingerprint density at radius 2 is 2.06 bits per heavy atom. The lowest BCUT2D eigenvalue weighted by Gasteiger charge is -2.32. The Bertz CT molecular complexity index is 1160. The number of ether oxygens (including phenoxy) is 3. The van der Waals surface area contributed by atoms with E-state index in [-0.39, 0.29) is 13.0 Å². The molecule has 1 N–H and O–H groups in total. The molecule has 3 rings (SSSR count). The minimum absolute atomic E-state index is 0.0133. The fourth-order valence-electron chi connectivity index (χ4n) is 3.78. The third kappa shape index (κ3) is 4.21. The average Bonchev–Trinajstić information content (AvgIpc) is 2.80. The van der Waals surface area contributed by atoms with Gasteiger partial charge in [0.05, 0.1) is 60.6 Å². The Kier molecular flexibility index (Phi) is 6.97. The minimum Gasteiger partial charge on any atom is -0.496 e. The number of nitriles is 2. The van der Waals surface area contributed by atoms with Crippen molar-refractivity contribution >= 4 is 11.7 Å². The molecule has 0 radical (unpaired) electrons. The molecule has 1 aliphatic heterocycles. The van der Waals surface area contributed by atoms with E-state index in [2.05, 4.69) is 16.4 Å². The number of allylic oxidation sites excluding steroid dienone is 1. The fraction of sp³-hybridized carbons (Fsp3) is 0.333. The molecule has 0 bridgehead atoms. The molecule has 0 unspecified atom stereocenters. The van der Waals surface area contributed by atoms with E-state index in [1.54, 1.807) is 31.3 Å². The molecule has 0 saturated heterocycles. The second kappa shape index (κ2) is 9.84. The van der Waals surface area contributed by atoms with Gasteiger partial charge in [0.2, 0.25) is 5.88 Å². The highest BCUT2D eigenvalue weighted by Crippen LogP contribution is 2.49. The third-order valence-electron chi connectivity index (χ3n) is 5.18. The number of anilines is 1. The summed E-state index contributed by atoms with van der Waals surface area (Å²) < 4.78 is 16.8. The Labute approximate surface area is 187 Å². The van der Waals surface area contributed by atoms with E-state index in [1.807, 2.05) is 19.9 Å². The zero-order valence-corrected chi connectivity index (χ0v) is 18.5. The molecule has 0 spiro atoms. The van der Waals surface area contributed by atoms with Crippen molar-refractivity contribution in [3.63, 3.8) is 0 Å². The number of aryl methyl sites for hydroxylation is 1. The Hall–Kier alpha value is -4.04. The molecule has 1 aliphatic rings. The van der Waals surface area contributed by atoms with Gasteiger partial charge in [-0.15, -0.1) is 0 Å². The summed E-state index contributed by atoms with van der Waals surface area (Å²) in [5.41, 5.74) is 4.47. The Balaban J connectivity index is 2.28. The van der Waals surface area contributed by atoms with Crippen molar-refractivity contribution in [3.05, 3.63) is 57.9 Å². The predicted octanol–water partition coefficient (Wildman–Crippen LogP) is 3.96. The number of methoxy groups -OCH3 is 1. The maximum atomic E-state index is 13.2. The van der Waals surface area contributed by atoms with Crippen LogP contribution < -0.4 is 14.8 Å². The average molecular weight is 432 g/mol. The second-order valence-corrected chi connectivity index (χ2v) is 7.18. The minimum atomic E-state index is -0.613. The van der Waals surface area contributed by atoms with Crippen LogP contribution in [-0.2, 0) is 9.53 Å². The molecular formula is C24H24N4O4. The highest BCUT2D eigenvalue weighted by molar-refractivity contribution is 5.95. The summed E-state index contributed by atoms with van der Waals surface area (Å²) in [5.74, 6) is -0.304. The molecule has 1 aromatic carbocycles. The molecule has 2 heterocycles. The highest BCUT2D eigenvalue weighted by Gasteiger charge is 2.38. The summed E-state index contributed by atoms with van der Waals surface area (Å²) in [6, 6.07) is 9.16. The lowest BCUT2D eigenvalue weighted by molar-refractivity contribution is -0.139. The van der Waals surface area contributed by atoms with Crippen molar-refractivity contribution in [2.24, 2.45) is 0 Å². The van der Waals surface area contributed by atoms with Crippen LogP contribution in [-0.4, -0.2) is 31.3 Å². The fourth-order valence-corrected chi connectivity index (χ4v) is 3.78. The summed E-state index contributed by atoms with van der Waals surface area (Å²) in [5, 5.41) is 21.4. The maximum absolute atomic E-state index is 13.2. The van der Waals surface area contributed by atoms with E-state index in [0.717, 1.165) is 11.3 Å². The van der Waals surface area contributed by atoms with Crippen molar-refractivity contribution < 1.29 is 19.0 Å². The van der Waals surface area contributed by atoms with Crippen LogP contribution in [0.1, 0.15) is 48.4 Å². The third-order valence-corrected chi connectivity index (χ3v) is 5.18. The number of hydrogen-bond donors (Lipinski definition) is 1. The molecule has 8 nitrogen and oxygen atoms in total. The Morgan fingerprint density at radius 1 is 1.28 bits per heavy atom. The van der Waals surface area contributed by atoms with Crippen LogP contribution in [0.2, 0.25) is 0 Å². The van der Waals surface area contributed by atoms with Crippen molar-refractivity contribution in [2.75, 3.05) is 25.6 Å². The highest BCUT2D eigenvalue weighted by atomic mass is 16.5. The molecule has 0 saturated carbocycles. The molecule has 32 heavy (non-hydrogen) atoms. The number of rotatable bonds is 7. The number of carbonyl (C=O) groups excluding carboxylic acids is 1. The summed E-state index contributed by atoms with van der Waals surface area (Å²) >= 11 is 0. The van der Waals surface area contributed by atoms with Gasteiger partial charge in [0, 0.05) is 17.5 Å². The van der Waals surface area contributed by atoms with Gasteiger partial charge in [-0.2, -0.15) is 10.5 Å². The first-order valence-electron chi connectivity index (χ1n) is 10.2. The number of fused-ring (bicyclic) bond motifs is 1. The molecule has 2 aromatic rings. The number of hydrogen-bond acceptors (Lipinski definition) is 8. The van der Waals surface area contributed by atoms with Gasteiger partial charge in [0.1, 0.15) is 12.4 Å². The van der Waals surface area contributed by atoms with E-state index in [1.165, 1.54) is 7.11 Å². The van der Waals surface area contributed by atoms with Gasteiger partial charge in [0.25, 0.3) is 0 Å². The molecule has 0 aliphatic carbocycles. The topological polar surface area (TPSA) is 117 Å². The normalized spacial score (nSPS) is 14.5. The van der Waals surface area contributed by atoms with Gasteiger partial charge < -0.3 is 19.5 Å². The first kappa shape index (κ1) is 22.6. The lowest BCUT2D eigenvalue weighted by Crippen LogP contribution is -2.26. The van der Waals surface area contributed by atoms with E-state index in [0.29, 0.717) is 46.2 Å². The molecular weight excluding hydrogens is 408 g/mol. The number of pyridine rings is 1. The van der Waals surface area contributed by atoms with Gasteiger partial charge >= 0.3 is 5.97 Å². The zero-order chi connectivity index (χ0) is 23.3. The van der Waals surface area contributed by atoms with E-state index in [9.17, 15) is 10.1 Å². The first-order valence-corrected chi connectivity index (χ1v) is 10.2.